The molecule has 32 heavy (non-hydrogen) atoms. The van der Waals surface area contributed by atoms with Gasteiger partial charge in [-0.2, -0.15) is 0 Å². The van der Waals surface area contributed by atoms with Crippen LogP contribution in [0.5, 0.6) is 0 Å². The molecule has 1 aromatic carbocycles. The fourth-order valence-corrected chi connectivity index (χ4v) is 3.83. The molecule has 0 unspecified atom stereocenters. The second-order valence-corrected chi connectivity index (χ2v) is 10.8. The number of likely N-dealkylation sites (tertiary alicyclic amines) is 1. The molecule has 2 fully saturated rings. The average Bonchev–Trinajstić information content (AvgIpc) is 2.92. The van der Waals surface area contributed by atoms with Gasteiger partial charge in [-0.1, -0.05) is 6.07 Å². The maximum Gasteiger partial charge on any atom is 0.494 e. The van der Waals surface area contributed by atoms with Gasteiger partial charge in [-0.15, -0.1) is 0 Å². The van der Waals surface area contributed by atoms with E-state index in [0.29, 0.717) is 5.56 Å². The molecule has 0 spiro atoms. The van der Waals surface area contributed by atoms with Gasteiger partial charge in [0.1, 0.15) is 5.60 Å². The molecule has 2 heterocycles. The molecule has 1 aromatic rings. The number of carbonyl (C=O) groups excluding carboxylic acids is 2. The van der Waals surface area contributed by atoms with Gasteiger partial charge in [0.05, 0.1) is 11.2 Å². The van der Waals surface area contributed by atoms with E-state index in [2.05, 4.69) is 5.32 Å². The molecule has 0 saturated carbocycles. The average molecular weight is 444 g/mol. The minimum Gasteiger partial charge on any atom is -0.444 e. The largest absolute Gasteiger partial charge is 0.494 e. The van der Waals surface area contributed by atoms with Crippen molar-refractivity contribution in [3.05, 3.63) is 29.3 Å². The van der Waals surface area contributed by atoms with E-state index in [4.69, 9.17) is 14.0 Å². The van der Waals surface area contributed by atoms with Crippen LogP contribution in [-0.2, 0) is 20.6 Å². The molecule has 2 aliphatic rings. The summed E-state index contributed by atoms with van der Waals surface area (Å²) in [6.07, 6.45) is 2.70. The van der Waals surface area contributed by atoms with Crippen LogP contribution in [-0.4, -0.2) is 53.9 Å². The van der Waals surface area contributed by atoms with Crippen molar-refractivity contribution in [1.29, 1.82) is 0 Å². The zero-order valence-electron chi connectivity index (χ0n) is 20.5. The Kier molecular flexibility index (Phi) is 6.96. The molecular formula is C24H37BN2O5. The third kappa shape index (κ3) is 5.84. The minimum absolute atomic E-state index is 0.00147. The summed E-state index contributed by atoms with van der Waals surface area (Å²) >= 11 is 0. The van der Waals surface area contributed by atoms with Crippen LogP contribution in [0.1, 0.15) is 83.7 Å². The number of hydrogen-bond donors (Lipinski definition) is 1. The van der Waals surface area contributed by atoms with E-state index >= 15 is 0 Å². The van der Waals surface area contributed by atoms with Crippen LogP contribution in [0.25, 0.3) is 0 Å². The molecule has 7 nitrogen and oxygen atoms in total. The fraction of sp³-hybridized carbons (Fsp3) is 0.667. The van der Waals surface area contributed by atoms with Crippen molar-refractivity contribution < 1.29 is 23.6 Å². The maximum absolute atomic E-state index is 13.2. The number of amides is 2. The Morgan fingerprint density at radius 1 is 1.03 bits per heavy atom. The van der Waals surface area contributed by atoms with Gasteiger partial charge < -0.3 is 24.3 Å². The highest BCUT2D eigenvalue weighted by molar-refractivity contribution is 6.62. The Labute approximate surface area is 192 Å². The highest BCUT2D eigenvalue weighted by atomic mass is 16.7. The molecule has 0 atom stereocenters. The monoisotopic (exact) mass is 444 g/mol. The van der Waals surface area contributed by atoms with Crippen molar-refractivity contribution >= 4 is 24.6 Å². The van der Waals surface area contributed by atoms with Gasteiger partial charge in [-0.05, 0) is 90.9 Å². The molecule has 2 saturated heterocycles. The summed E-state index contributed by atoms with van der Waals surface area (Å²) in [7, 11) is -0.589. The Balaban J connectivity index is 1.86. The molecule has 0 aromatic heterocycles. The first-order valence-electron chi connectivity index (χ1n) is 11.5. The minimum atomic E-state index is -0.589. The van der Waals surface area contributed by atoms with Crippen LogP contribution >= 0.6 is 0 Å². The first-order chi connectivity index (χ1) is 14.8. The third-order valence-corrected chi connectivity index (χ3v) is 6.27. The molecular weight excluding hydrogens is 407 g/mol. The lowest BCUT2D eigenvalue weighted by molar-refractivity contribution is 0.00578. The Morgan fingerprint density at radius 2 is 1.62 bits per heavy atom. The lowest BCUT2D eigenvalue weighted by Gasteiger charge is -2.32. The molecule has 3 rings (SSSR count). The molecule has 1 N–H and O–H groups in total. The number of rotatable bonds is 4. The molecule has 2 aliphatic heterocycles. The van der Waals surface area contributed by atoms with E-state index in [1.54, 1.807) is 0 Å². The zero-order chi connectivity index (χ0) is 23.7. The van der Waals surface area contributed by atoms with Crippen molar-refractivity contribution in [3.8, 4) is 0 Å². The number of nitrogens with one attached hydrogen (secondary N) is 1. The summed E-state index contributed by atoms with van der Waals surface area (Å²) in [5.74, 6) is 0.00147. The SMILES string of the molecule is CC(C)(C)OC(=O)NCc1cc(B2OC(C)(C)C(C)(C)O2)cc(C(=O)N2CCCCC2)c1. The van der Waals surface area contributed by atoms with Crippen LogP contribution in [0.2, 0.25) is 0 Å². The van der Waals surface area contributed by atoms with Crippen molar-refractivity contribution in [1.82, 2.24) is 10.2 Å². The van der Waals surface area contributed by atoms with Crippen molar-refractivity contribution in [3.63, 3.8) is 0 Å². The quantitative estimate of drug-likeness (QED) is 0.718. The zero-order valence-corrected chi connectivity index (χ0v) is 20.5. The molecule has 176 valence electrons. The van der Waals surface area contributed by atoms with E-state index < -0.39 is 30.0 Å². The smallest absolute Gasteiger partial charge is 0.444 e. The van der Waals surface area contributed by atoms with Gasteiger partial charge in [-0.3, -0.25) is 4.79 Å². The standard InChI is InChI=1S/C24H37BN2O5/c1-22(2,3)30-21(29)26-16-17-13-18(20(28)27-11-9-8-10-12-27)15-19(14-17)25-31-23(4,5)24(6,7)32-25/h13-15H,8-12,16H2,1-7H3,(H,26,29). The molecule has 0 aliphatic carbocycles. The van der Waals surface area contributed by atoms with Crippen LogP contribution < -0.4 is 10.8 Å². The van der Waals surface area contributed by atoms with Gasteiger partial charge in [0.25, 0.3) is 5.91 Å². The third-order valence-electron chi connectivity index (χ3n) is 6.27. The second-order valence-electron chi connectivity index (χ2n) is 10.8. The summed E-state index contributed by atoms with van der Waals surface area (Å²) in [5.41, 5.74) is 0.596. The summed E-state index contributed by atoms with van der Waals surface area (Å²) in [6.45, 7) is 15.2. The molecule has 0 radical (unpaired) electrons. The molecule has 2 amide bonds. The predicted molar refractivity (Wildman–Crippen MR) is 125 cm³/mol. The first kappa shape index (κ1) is 24.6. The summed E-state index contributed by atoms with van der Waals surface area (Å²) in [4.78, 5) is 27.3. The van der Waals surface area contributed by atoms with Crippen LogP contribution in [0.3, 0.4) is 0 Å². The Hall–Kier alpha value is -2.06. The summed E-state index contributed by atoms with van der Waals surface area (Å²) in [5, 5.41) is 2.78. The number of nitrogens with zero attached hydrogens (tertiary/aromatic N) is 1. The van der Waals surface area contributed by atoms with E-state index in [0.717, 1.165) is 43.4 Å². The van der Waals surface area contributed by atoms with Crippen LogP contribution in [0.4, 0.5) is 4.79 Å². The number of alkyl carbamates (subject to hydrolysis) is 1. The maximum atomic E-state index is 13.2. The highest BCUT2D eigenvalue weighted by Gasteiger charge is 2.51. The number of piperidine rings is 1. The fourth-order valence-electron chi connectivity index (χ4n) is 3.83. The van der Waals surface area contributed by atoms with Gasteiger partial charge in [0.15, 0.2) is 0 Å². The van der Waals surface area contributed by atoms with Crippen LogP contribution in [0.15, 0.2) is 18.2 Å². The van der Waals surface area contributed by atoms with Gasteiger partial charge in [0, 0.05) is 25.2 Å². The number of carbonyl (C=O) groups is 2. The normalized spacial score (nSPS) is 20.2. The molecule has 8 heteroatoms. The lowest BCUT2D eigenvalue weighted by atomic mass is 9.77. The van der Waals surface area contributed by atoms with E-state index in [9.17, 15) is 9.59 Å². The van der Waals surface area contributed by atoms with Gasteiger partial charge in [-0.25, -0.2) is 4.79 Å². The topological polar surface area (TPSA) is 77.1 Å². The first-order valence-corrected chi connectivity index (χ1v) is 11.5. The Morgan fingerprint density at radius 3 is 2.19 bits per heavy atom. The Bertz CT molecular complexity index is 840. The van der Waals surface area contributed by atoms with Crippen molar-refractivity contribution in [2.24, 2.45) is 0 Å². The van der Waals surface area contributed by atoms with E-state index in [1.165, 1.54) is 0 Å². The van der Waals surface area contributed by atoms with Crippen molar-refractivity contribution in [2.75, 3.05) is 13.1 Å². The van der Waals surface area contributed by atoms with E-state index in [1.807, 2.05) is 71.6 Å². The number of benzene rings is 1. The second kappa shape index (κ2) is 9.06. The highest BCUT2D eigenvalue weighted by Crippen LogP contribution is 2.36. The molecule has 0 bridgehead atoms. The number of hydrogen-bond acceptors (Lipinski definition) is 5. The summed E-state index contributed by atoms with van der Waals surface area (Å²) < 4.78 is 17.8. The van der Waals surface area contributed by atoms with Gasteiger partial charge in [0.2, 0.25) is 0 Å². The van der Waals surface area contributed by atoms with E-state index in [-0.39, 0.29) is 12.5 Å². The summed E-state index contributed by atoms with van der Waals surface area (Å²) in [6, 6.07) is 5.62. The van der Waals surface area contributed by atoms with Gasteiger partial charge >= 0.3 is 13.2 Å². The lowest BCUT2D eigenvalue weighted by Crippen LogP contribution is -2.41. The van der Waals surface area contributed by atoms with Crippen LogP contribution in [0, 0.1) is 0 Å². The number of ether oxygens (including phenoxy) is 1. The van der Waals surface area contributed by atoms with Crippen molar-refractivity contribution in [2.45, 2.75) is 91.1 Å². The predicted octanol–water partition coefficient (Wildman–Crippen LogP) is 3.64.